The lowest BCUT2D eigenvalue weighted by Crippen LogP contribution is -2.30. The molecule has 0 fully saturated rings. The Labute approximate surface area is 187 Å². The summed E-state index contributed by atoms with van der Waals surface area (Å²) >= 11 is 0. The molecule has 5 nitrogen and oxygen atoms in total. The molecule has 0 spiro atoms. The van der Waals surface area contributed by atoms with Crippen LogP contribution >= 0.6 is 0 Å². The quantitative estimate of drug-likeness (QED) is 0.428. The first kappa shape index (κ1) is 21.1. The average molecular weight is 425 g/mol. The third kappa shape index (κ3) is 4.18. The maximum Gasteiger partial charge on any atom is 0.259 e. The number of hydrogen-bond donors (Lipinski definition) is 1. The molecule has 0 unspecified atom stereocenters. The summed E-state index contributed by atoms with van der Waals surface area (Å²) in [4.78, 5) is 27.9. The van der Waals surface area contributed by atoms with Crippen molar-refractivity contribution < 1.29 is 14.3 Å². The van der Waals surface area contributed by atoms with Gasteiger partial charge in [-0.1, -0.05) is 54.6 Å². The number of ether oxygens (including phenoxy) is 1. The minimum atomic E-state index is -0.298. The van der Waals surface area contributed by atoms with E-state index in [1.165, 1.54) is 7.11 Å². The Morgan fingerprint density at radius 1 is 0.875 bits per heavy atom. The first-order valence-electron chi connectivity index (χ1n) is 10.5. The molecule has 0 saturated heterocycles. The predicted molar refractivity (Wildman–Crippen MR) is 129 cm³/mol. The molecular weight excluding hydrogens is 400 g/mol. The fraction of sp³-hybridized carbons (Fsp3) is 0.111. The van der Waals surface area contributed by atoms with Gasteiger partial charge >= 0.3 is 0 Å². The maximum atomic E-state index is 13.4. The topological polar surface area (TPSA) is 58.6 Å². The van der Waals surface area contributed by atoms with Crippen LogP contribution in [0.1, 0.15) is 27.6 Å². The van der Waals surface area contributed by atoms with Gasteiger partial charge in [0.2, 0.25) is 0 Å². The molecular formula is C27H24N2O3. The van der Waals surface area contributed by atoms with E-state index in [4.69, 9.17) is 4.74 Å². The van der Waals surface area contributed by atoms with Crippen LogP contribution in [0.25, 0.3) is 10.8 Å². The molecule has 0 atom stereocenters. The molecule has 4 aromatic carbocycles. The summed E-state index contributed by atoms with van der Waals surface area (Å²) in [5, 5.41) is 4.96. The number of benzene rings is 4. The lowest BCUT2D eigenvalue weighted by Gasteiger charge is -2.23. The van der Waals surface area contributed by atoms with E-state index in [0.717, 1.165) is 16.5 Å². The standard InChI is InChI=1S/C27H24N2O3/c1-3-29(24-16-9-11-19-10-4-5-14-22(19)24)27(31)20-12-8-13-21(18-20)28-26(30)23-15-6-7-17-25(23)32-2/h4-18H,3H2,1-2H3,(H,28,30). The highest BCUT2D eigenvalue weighted by Crippen LogP contribution is 2.28. The van der Waals surface area contributed by atoms with Crippen LogP contribution in [-0.2, 0) is 0 Å². The van der Waals surface area contributed by atoms with Gasteiger partial charge in [-0.2, -0.15) is 0 Å². The van der Waals surface area contributed by atoms with E-state index in [1.54, 1.807) is 47.4 Å². The molecule has 0 radical (unpaired) electrons. The van der Waals surface area contributed by atoms with Gasteiger partial charge in [-0.15, -0.1) is 0 Å². The predicted octanol–water partition coefficient (Wildman–Crippen LogP) is 5.77. The molecule has 2 amide bonds. The molecule has 0 aliphatic heterocycles. The normalized spacial score (nSPS) is 10.6. The minimum absolute atomic E-state index is 0.128. The van der Waals surface area contributed by atoms with Crippen LogP contribution in [0, 0.1) is 0 Å². The molecule has 0 heterocycles. The van der Waals surface area contributed by atoms with Crippen molar-refractivity contribution in [3.8, 4) is 5.75 Å². The number of nitrogens with one attached hydrogen (secondary N) is 1. The summed E-state index contributed by atoms with van der Waals surface area (Å²) in [6, 6.07) is 28.0. The molecule has 0 aromatic heterocycles. The number of anilines is 2. The van der Waals surface area contributed by atoms with Gasteiger partial charge in [-0.05, 0) is 48.7 Å². The molecule has 0 bridgehead atoms. The Morgan fingerprint density at radius 3 is 2.41 bits per heavy atom. The zero-order chi connectivity index (χ0) is 22.5. The monoisotopic (exact) mass is 424 g/mol. The summed E-state index contributed by atoms with van der Waals surface area (Å²) in [6.45, 7) is 2.47. The molecule has 0 aliphatic rings. The van der Waals surface area contributed by atoms with Crippen LogP contribution in [0.5, 0.6) is 5.75 Å². The first-order chi connectivity index (χ1) is 15.6. The largest absolute Gasteiger partial charge is 0.496 e. The second-order valence-corrected chi connectivity index (χ2v) is 7.28. The molecule has 160 valence electrons. The first-order valence-corrected chi connectivity index (χ1v) is 10.5. The smallest absolute Gasteiger partial charge is 0.259 e. The molecule has 0 saturated carbocycles. The Bertz CT molecular complexity index is 1280. The summed E-state index contributed by atoms with van der Waals surface area (Å²) < 4.78 is 5.27. The summed E-state index contributed by atoms with van der Waals surface area (Å²) in [6.07, 6.45) is 0. The van der Waals surface area contributed by atoms with Gasteiger partial charge in [0.25, 0.3) is 11.8 Å². The van der Waals surface area contributed by atoms with E-state index in [9.17, 15) is 9.59 Å². The number of carbonyl (C=O) groups excluding carboxylic acids is 2. The summed E-state index contributed by atoms with van der Waals surface area (Å²) in [5.74, 6) is 0.0658. The van der Waals surface area contributed by atoms with Crippen molar-refractivity contribution >= 4 is 34.0 Å². The van der Waals surface area contributed by atoms with Crippen LogP contribution in [0.2, 0.25) is 0 Å². The third-order valence-corrected chi connectivity index (χ3v) is 5.34. The Kier molecular flexibility index (Phi) is 6.17. The number of fused-ring (bicyclic) bond motifs is 1. The van der Waals surface area contributed by atoms with Crippen LogP contribution in [0.4, 0.5) is 11.4 Å². The number of methoxy groups -OCH3 is 1. The van der Waals surface area contributed by atoms with Crippen LogP contribution in [0.15, 0.2) is 91.0 Å². The van der Waals surface area contributed by atoms with Crippen molar-refractivity contribution in [2.45, 2.75) is 6.92 Å². The highest BCUT2D eigenvalue weighted by Gasteiger charge is 2.19. The zero-order valence-electron chi connectivity index (χ0n) is 18.0. The maximum absolute atomic E-state index is 13.4. The number of para-hydroxylation sites is 1. The van der Waals surface area contributed by atoms with Gasteiger partial charge in [-0.25, -0.2) is 0 Å². The second kappa shape index (κ2) is 9.35. The van der Waals surface area contributed by atoms with Gasteiger partial charge in [0.05, 0.1) is 18.4 Å². The SMILES string of the molecule is CCN(C(=O)c1cccc(NC(=O)c2ccccc2OC)c1)c1cccc2ccccc12. The van der Waals surface area contributed by atoms with E-state index in [2.05, 4.69) is 5.32 Å². The van der Waals surface area contributed by atoms with Crippen molar-refractivity contribution in [1.82, 2.24) is 0 Å². The Hall–Kier alpha value is -4.12. The Morgan fingerprint density at radius 2 is 1.59 bits per heavy atom. The van der Waals surface area contributed by atoms with Crippen molar-refractivity contribution in [1.29, 1.82) is 0 Å². The number of rotatable bonds is 6. The molecule has 4 aromatic rings. The number of amides is 2. The van der Waals surface area contributed by atoms with E-state index >= 15 is 0 Å². The van der Waals surface area contributed by atoms with Gasteiger partial charge in [-0.3, -0.25) is 9.59 Å². The molecule has 4 rings (SSSR count). The summed E-state index contributed by atoms with van der Waals surface area (Å²) in [7, 11) is 1.53. The highest BCUT2D eigenvalue weighted by molar-refractivity contribution is 6.12. The van der Waals surface area contributed by atoms with Crippen molar-refractivity contribution in [3.05, 3.63) is 102 Å². The van der Waals surface area contributed by atoms with Gasteiger partial charge in [0.15, 0.2) is 0 Å². The Balaban J connectivity index is 1.62. The molecule has 1 N–H and O–H groups in total. The third-order valence-electron chi connectivity index (χ3n) is 5.34. The lowest BCUT2D eigenvalue weighted by atomic mass is 10.1. The molecule has 5 heteroatoms. The minimum Gasteiger partial charge on any atom is -0.496 e. The van der Waals surface area contributed by atoms with Crippen LogP contribution in [0.3, 0.4) is 0 Å². The second-order valence-electron chi connectivity index (χ2n) is 7.28. The molecule has 32 heavy (non-hydrogen) atoms. The average Bonchev–Trinajstić information content (AvgIpc) is 2.84. The van der Waals surface area contributed by atoms with Gasteiger partial charge < -0.3 is 15.0 Å². The van der Waals surface area contributed by atoms with Crippen LogP contribution < -0.4 is 15.0 Å². The van der Waals surface area contributed by atoms with Crippen molar-refractivity contribution in [2.75, 3.05) is 23.9 Å². The number of nitrogens with zero attached hydrogens (tertiary/aromatic N) is 1. The van der Waals surface area contributed by atoms with E-state index < -0.39 is 0 Å². The fourth-order valence-corrected chi connectivity index (χ4v) is 3.78. The number of hydrogen-bond acceptors (Lipinski definition) is 3. The van der Waals surface area contributed by atoms with Crippen molar-refractivity contribution in [2.24, 2.45) is 0 Å². The van der Waals surface area contributed by atoms with Crippen LogP contribution in [-0.4, -0.2) is 25.5 Å². The summed E-state index contributed by atoms with van der Waals surface area (Å²) in [5.41, 5.74) is 2.33. The van der Waals surface area contributed by atoms with Crippen molar-refractivity contribution in [3.63, 3.8) is 0 Å². The lowest BCUT2D eigenvalue weighted by molar-refractivity contribution is 0.0985. The number of carbonyl (C=O) groups is 2. The highest BCUT2D eigenvalue weighted by atomic mass is 16.5. The van der Waals surface area contributed by atoms with Gasteiger partial charge in [0.1, 0.15) is 5.75 Å². The fourth-order valence-electron chi connectivity index (χ4n) is 3.78. The van der Waals surface area contributed by atoms with E-state index in [-0.39, 0.29) is 11.8 Å². The molecule has 0 aliphatic carbocycles. The van der Waals surface area contributed by atoms with Gasteiger partial charge in [0, 0.05) is 23.2 Å². The zero-order valence-corrected chi connectivity index (χ0v) is 18.0. The van der Waals surface area contributed by atoms with E-state index in [0.29, 0.717) is 29.1 Å². The van der Waals surface area contributed by atoms with E-state index in [1.807, 2.05) is 55.5 Å².